The Morgan fingerprint density at radius 3 is 2.51 bits per heavy atom. The first-order valence-electron chi connectivity index (χ1n) is 11.8. The molecule has 1 aliphatic rings. The van der Waals surface area contributed by atoms with Crippen LogP contribution >= 0.6 is 0 Å². The normalized spacial score (nSPS) is 13.2. The summed E-state index contributed by atoms with van der Waals surface area (Å²) in [6.45, 7) is 5.76. The summed E-state index contributed by atoms with van der Waals surface area (Å²) in [5, 5.41) is 13.4. The molecule has 1 aliphatic heterocycles. The van der Waals surface area contributed by atoms with E-state index in [2.05, 4.69) is 66.1 Å². The molecule has 188 valence electrons. The molecule has 0 unspecified atom stereocenters. The number of hydrogen-bond acceptors (Lipinski definition) is 6. The lowest BCUT2D eigenvalue weighted by molar-refractivity contribution is -0.577. The summed E-state index contributed by atoms with van der Waals surface area (Å²) in [7, 11) is 1.67. The topological polar surface area (TPSA) is 109 Å². The lowest BCUT2D eigenvalue weighted by Crippen LogP contribution is -2.34. The lowest BCUT2D eigenvalue weighted by atomic mass is 10.1. The first kappa shape index (κ1) is 25.4. The number of pyridine rings is 1. The van der Waals surface area contributed by atoms with E-state index in [-0.39, 0.29) is 0 Å². The number of nitrogens with zero attached hydrogens (tertiary/aromatic N) is 4. The van der Waals surface area contributed by atoms with Gasteiger partial charge < -0.3 is 20.4 Å². The molecule has 8 nitrogen and oxygen atoms in total. The molecule has 0 saturated carbocycles. The van der Waals surface area contributed by atoms with Gasteiger partial charge in [0.05, 0.1) is 25.4 Å². The molecule has 0 aliphatic carbocycles. The van der Waals surface area contributed by atoms with Crippen molar-refractivity contribution in [2.45, 2.75) is 27.3 Å². The number of carbonyl (C=O) groups is 1. The van der Waals surface area contributed by atoms with Crippen LogP contribution in [0.3, 0.4) is 0 Å². The number of nitrogen functional groups attached to an aromatic ring is 1. The summed E-state index contributed by atoms with van der Waals surface area (Å²) in [4.78, 5) is 13.9. The zero-order valence-corrected chi connectivity index (χ0v) is 21.3. The number of benzene rings is 2. The lowest BCUT2D eigenvalue weighted by Gasteiger charge is -2.05. The standard InChI is InChI=1S/C27H25N5O.C2H4O2/c1-18-7-6-8-20(15-18)17-32-27(28)23(16-29-32)30-25-19(2)26(31-14-5-4-9-24(25)31)21-10-12-22(33-3)13-11-21;1-2(3)4/h4-16,28H,17H2,1-3H3;1H3,(H,3,4). The Hall–Kier alpha value is -4.72. The third-order valence-electron chi connectivity index (χ3n) is 5.92. The Labute approximate surface area is 216 Å². The van der Waals surface area contributed by atoms with E-state index in [0.29, 0.717) is 18.1 Å². The van der Waals surface area contributed by atoms with Crippen molar-refractivity contribution in [3.8, 4) is 5.75 Å². The van der Waals surface area contributed by atoms with E-state index in [1.807, 2.05) is 30.3 Å². The van der Waals surface area contributed by atoms with Gasteiger partial charge in [0.1, 0.15) is 23.0 Å². The molecule has 0 atom stereocenters. The fraction of sp³-hybridized carbons (Fsp3) is 0.172. The van der Waals surface area contributed by atoms with Crippen molar-refractivity contribution in [3.05, 3.63) is 107 Å². The molecule has 2 aromatic carbocycles. The third kappa shape index (κ3) is 5.59. The number of aliphatic imine (C=N–C) groups is 1. The SMILES string of the molecule is CC(=O)[O-].COc1ccc(C2=C(C)C(=Nc3cnn(Cc4cccc(C)c4)c3N)c3cccc[n+]32)cc1. The number of nitrogens with two attached hydrogens (primary N) is 1. The van der Waals surface area contributed by atoms with Crippen LogP contribution in [0.2, 0.25) is 0 Å². The molecule has 0 saturated heterocycles. The zero-order valence-electron chi connectivity index (χ0n) is 21.3. The Bertz CT molecular complexity index is 1500. The van der Waals surface area contributed by atoms with E-state index in [0.717, 1.165) is 46.5 Å². The monoisotopic (exact) mass is 495 g/mol. The van der Waals surface area contributed by atoms with Gasteiger partial charge in [-0.2, -0.15) is 9.67 Å². The van der Waals surface area contributed by atoms with E-state index in [1.165, 1.54) is 5.56 Å². The predicted octanol–water partition coefficient (Wildman–Crippen LogP) is 3.29. The molecule has 0 radical (unpaired) electrons. The maximum atomic E-state index is 8.89. The summed E-state index contributed by atoms with van der Waals surface area (Å²) >= 11 is 0. The molecule has 5 rings (SSSR count). The number of ether oxygens (including phenoxy) is 1. The van der Waals surface area contributed by atoms with Gasteiger partial charge in [0.25, 0.3) is 0 Å². The van der Waals surface area contributed by atoms with Crippen molar-refractivity contribution in [2.24, 2.45) is 4.99 Å². The number of rotatable bonds is 5. The van der Waals surface area contributed by atoms with Crippen LogP contribution in [0.15, 0.2) is 89.7 Å². The number of aliphatic carboxylic acids is 1. The van der Waals surface area contributed by atoms with Crippen LogP contribution in [0.4, 0.5) is 11.5 Å². The molecule has 4 aromatic rings. The van der Waals surface area contributed by atoms with Crippen molar-refractivity contribution in [3.63, 3.8) is 0 Å². The molecule has 0 bridgehead atoms. The van der Waals surface area contributed by atoms with Crippen molar-refractivity contribution in [2.75, 3.05) is 12.8 Å². The number of carboxylic acids is 1. The van der Waals surface area contributed by atoms with Gasteiger partial charge in [-0.1, -0.05) is 29.8 Å². The van der Waals surface area contributed by atoms with E-state index < -0.39 is 5.97 Å². The van der Waals surface area contributed by atoms with E-state index in [9.17, 15) is 0 Å². The summed E-state index contributed by atoms with van der Waals surface area (Å²) in [5.74, 6) is 0.299. The van der Waals surface area contributed by atoms with Gasteiger partial charge in [-0.25, -0.2) is 9.67 Å². The van der Waals surface area contributed by atoms with E-state index >= 15 is 0 Å². The molecule has 8 heteroatoms. The van der Waals surface area contributed by atoms with Crippen LogP contribution in [0.1, 0.15) is 36.2 Å². The highest BCUT2D eigenvalue weighted by Gasteiger charge is 2.34. The van der Waals surface area contributed by atoms with Gasteiger partial charge in [-0.05, 0) is 56.7 Å². The van der Waals surface area contributed by atoms with Crippen molar-refractivity contribution in [1.29, 1.82) is 0 Å². The number of fused-ring (bicyclic) bond motifs is 1. The minimum Gasteiger partial charge on any atom is -0.550 e. The number of aryl methyl sites for hydroxylation is 1. The zero-order chi connectivity index (χ0) is 26.5. The Kier molecular flexibility index (Phi) is 7.48. The molecule has 2 aromatic heterocycles. The summed E-state index contributed by atoms with van der Waals surface area (Å²) in [6.07, 6.45) is 3.80. The largest absolute Gasteiger partial charge is 0.550 e. The van der Waals surface area contributed by atoms with Gasteiger partial charge >= 0.3 is 0 Å². The van der Waals surface area contributed by atoms with Crippen LogP contribution in [-0.4, -0.2) is 28.6 Å². The maximum absolute atomic E-state index is 8.89. The van der Waals surface area contributed by atoms with Crippen molar-refractivity contribution < 1.29 is 19.2 Å². The van der Waals surface area contributed by atoms with E-state index in [1.54, 1.807) is 18.0 Å². The fourth-order valence-electron chi connectivity index (χ4n) is 4.26. The number of carbonyl (C=O) groups excluding carboxylic acids is 1. The smallest absolute Gasteiger partial charge is 0.237 e. The van der Waals surface area contributed by atoms with Gasteiger partial charge in [0, 0.05) is 23.7 Å². The molecule has 0 spiro atoms. The van der Waals surface area contributed by atoms with Crippen molar-refractivity contribution >= 4 is 28.9 Å². The van der Waals surface area contributed by atoms with Gasteiger partial charge in [-0.15, -0.1) is 0 Å². The number of anilines is 1. The maximum Gasteiger partial charge on any atom is 0.237 e. The van der Waals surface area contributed by atoms with Crippen LogP contribution in [0.5, 0.6) is 5.75 Å². The average Bonchev–Trinajstić information content (AvgIpc) is 3.35. The highest BCUT2D eigenvalue weighted by atomic mass is 16.5. The van der Waals surface area contributed by atoms with Crippen LogP contribution in [-0.2, 0) is 11.3 Å². The first-order valence-corrected chi connectivity index (χ1v) is 11.8. The summed E-state index contributed by atoms with van der Waals surface area (Å²) in [6, 6.07) is 22.6. The quantitative estimate of drug-likeness (QED) is 0.427. The minimum absolute atomic E-state index is 0.553. The van der Waals surface area contributed by atoms with Gasteiger partial charge in [0.15, 0.2) is 6.20 Å². The number of allylic oxidation sites excluding steroid dienone is 1. The molecule has 0 amide bonds. The Morgan fingerprint density at radius 1 is 1.11 bits per heavy atom. The number of hydrogen-bond donors (Lipinski definition) is 1. The highest BCUT2D eigenvalue weighted by Crippen LogP contribution is 2.30. The molecule has 3 heterocycles. The Balaban J connectivity index is 0.000000747. The van der Waals surface area contributed by atoms with E-state index in [4.69, 9.17) is 25.4 Å². The molecule has 0 fully saturated rings. The van der Waals surface area contributed by atoms with Crippen LogP contribution in [0, 0.1) is 6.92 Å². The number of aromatic nitrogens is 3. The summed E-state index contributed by atoms with van der Waals surface area (Å²) in [5.41, 5.74) is 14.7. The second kappa shape index (κ2) is 10.9. The molecule has 37 heavy (non-hydrogen) atoms. The number of carboxylic acid groups (broad SMARTS) is 1. The molecule has 2 N–H and O–H groups in total. The number of methoxy groups -OCH3 is 1. The predicted molar refractivity (Wildman–Crippen MR) is 141 cm³/mol. The first-order chi connectivity index (χ1) is 17.8. The summed E-state index contributed by atoms with van der Waals surface area (Å²) < 4.78 is 9.29. The fourth-order valence-corrected chi connectivity index (χ4v) is 4.26. The highest BCUT2D eigenvalue weighted by molar-refractivity contribution is 6.17. The van der Waals surface area contributed by atoms with Gasteiger partial charge in [-0.3, -0.25) is 0 Å². The minimum atomic E-state index is -1.08. The second-order valence-corrected chi connectivity index (χ2v) is 8.67. The van der Waals surface area contributed by atoms with Crippen molar-refractivity contribution in [1.82, 2.24) is 9.78 Å². The average molecular weight is 496 g/mol. The molecular weight excluding hydrogens is 466 g/mol. The Morgan fingerprint density at radius 2 is 1.84 bits per heavy atom. The molecular formula is C29H29N5O3. The second-order valence-electron chi connectivity index (χ2n) is 8.67. The van der Waals surface area contributed by atoms with Gasteiger partial charge in [0.2, 0.25) is 11.4 Å². The van der Waals surface area contributed by atoms with Crippen LogP contribution < -0.4 is 20.1 Å². The third-order valence-corrected chi connectivity index (χ3v) is 5.92. The van der Waals surface area contributed by atoms with Crippen LogP contribution in [0.25, 0.3) is 5.70 Å².